The van der Waals surface area contributed by atoms with Gasteiger partial charge in [-0.05, 0) is 5.92 Å². The Bertz CT molecular complexity index is 68.0. The fourth-order valence-electron chi connectivity index (χ4n) is 0.408. The molecule has 0 heterocycles. The number of rotatable bonds is 6. The Morgan fingerprint density at radius 2 is 2.10 bits per heavy atom. The van der Waals surface area contributed by atoms with Crippen molar-refractivity contribution in [3.05, 3.63) is 0 Å². The average molecular weight is 149 g/mol. The maximum absolute atomic E-state index is 5.03. The van der Waals surface area contributed by atoms with Gasteiger partial charge in [0, 0.05) is 0 Å². The summed E-state index contributed by atoms with van der Waals surface area (Å²) in [5, 5.41) is 0. The Morgan fingerprint density at radius 1 is 1.40 bits per heavy atom. The molecule has 0 aliphatic heterocycles. The van der Waals surface area contributed by atoms with Gasteiger partial charge in [-0.15, -0.1) is 0 Å². The Morgan fingerprint density at radius 3 is 2.60 bits per heavy atom. The lowest BCUT2D eigenvalue weighted by Gasteiger charge is -2.06. The van der Waals surface area contributed by atoms with Gasteiger partial charge in [0.15, 0.2) is 6.79 Å². The fraction of sp³-hybridized carbons (Fsp3) is 1.00. The Hall–Kier alpha value is -0.160. The van der Waals surface area contributed by atoms with Gasteiger partial charge < -0.3 is 4.74 Å². The van der Waals surface area contributed by atoms with Crippen molar-refractivity contribution in [1.82, 2.24) is 5.64 Å². The molecule has 0 aromatic rings. The van der Waals surface area contributed by atoms with E-state index in [1.807, 2.05) is 0 Å². The highest BCUT2D eigenvalue weighted by Crippen LogP contribution is 1.90. The maximum Gasteiger partial charge on any atom is 0.169 e. The number of ether oxygens (including phenoxy) is 1. The summed E-state index contributed by atoms with van der Waals surface area (Å²) in [6.45, 7) is 5.06. The monoisotopic (exact) mass is 149 g/mol. The first kappa shape index (κ1) is 9.84. The summed E-state index contributed by atoms with van der Waals surface area (Å²) in [7, 11) is 1.47. The molecule has 0 fully saturated rings. The molecule has 1 N–H and O–H groups in total. The molecule has 0 rings (SSSR count). The van der Waals surface area contributed by atoms with Crippen LogP contribution < -0.4 is 5.64 Å². The second kappa shape index (κ2) is 6.95. The van der Waals surface area contributed by atoms with Crippen LogP contribution in [0.5, 0.6) is 0 Å². The van der Waals surface area contributed by atoms with E-state index in [4.69, 9.17) is 4.74 Å². The first-order valence-corrected chi connectivity index (χ1v) is 3.25. The summed E-state index contributed by atoms with van der Waals surface area (Å²) < 4.78 is 5.03. The number of hydrogen-bond acceptors (Lipinski definition) is 4. The zero-order valence-electron chi connectivity index (χ0n) is 6.72. The van der Waals surface area contributed by atoms with Crippen LogP contribution in [-0.4, -0.2) is 20.5 Å². The van der Waals surface area contributed by atoms with Crippen LogP contribution in [0.2, 0.25) is 0 Å². The van der Waals surface area contributed by atoms with Crippen LogP contribution in [0.15, 0.2) is 0 Å². The van der Waals surface area contributed by atoms with Crippen molar-refractivity contribution in [2.45, 2.75) is 13.8 Å². The van der Waals surface area contributed by atoms with Crippen molar-refractivity contribution in [2.75, 3.05) is 20.5 Å². The van der Waals surface area contributed by atoms with Crippen molar-refractivity contribution in [1.29, 1.82) is 0 Å². The van der Waals surface area contributed by atoms with Crippen molar-refractivity contribution < 1.29 is 14.4 Å². The van der Waals surface area contributed by atoms with E-state index >= 15 is 0 Å². The van der Waals surface area contributed by atoms with Crippen molar-refractivity contribution >= 4 is 0 Å². The average Bonchev–Trinajstić information content (AvgIpc) is 1.87. The van der Waals surface area contributed by atoms with E-state index in [0.29, 0.717) is 12.5 Å². The molecule has 0 saturated heterocycles. The van der Waals surface area contributed by atoms with Crippen LogP contribution in [0.1, 0.15) is 13.8 Å². The van der Waals surface area contributed by atoms with Gasteiger partial charge in [0.25, 0.3) is 0 Å². The van der Waals surface area contributed by atoms with E-state index in [2.05, 4.69) is 29.2 Å². The highest BCUT2D eigenvalue weighted by Gasteiger charge is 1.91. The molecular formula is C6H15NO3. The van der Waals surface area contributed by atoms with Gasteiger partial charge in [0.1, 0.15) is 0 Å². The molecule has 0 aliphatic carbocycles. The first-order valence-electron chi connectivity index (χ1n) is 3.25. The molecule has 0 radical (unpaired) electrons. The molecule has 0 atom stereocenters. The Kier molecular flexibility index (Phi) is 6.84. The molecule has 0 aromatic carbocycles. The summed E-state index contributed by atoms with van der Waals surface area (Å²) in [6, 6.07) is 0. The third kappa shape index (κ3) is 7.84. The molecule has 0 unspecified atom stereocenters. The van der Waals surface area contributed by atoms with E-state index in [0.717, 1.165) is 0 Å². The van der Waals surface area contributed by atoms with E-state index in [1.54, 1.807) is 0 Å². The van der Waals surface area contributed by atoms with Gasteiger partial charge in [-0.1, -0.05) is 19.5 Å². The van der Waals surface area contributed by atoms with Crippen molar-refractivity contribution in [3.63, 3.8) is 0 Å². The van der Waals surface area contributed by atoms with E-state index in [9.17, 15) is 0 Å². The summed E-state index contributed by atoms with van der Waals surface area (Å²) >= 11 is 0. The zero-order valence-corrected chi connectivity index (χ0v) is 6.72. The third-order valence-corrected chi connectivity index (χ3v) is 0.736. The van der Waals surface area contributed by atoms with Gasteiger partial charge in [-0.3, -0.25) is 4.84 Å². The van der Waals surface area contributed by atoms with Gasteiger partial charge in [-0.25, -0.2) is 4.84 Å². The fourth-order valence-corrected chi connectivity index (χ4v) is 0.408. The molecule has 0 saturated carbocycles. The molecule has 0 bridgehead atoms. The predicted molar refractivity (Wildman–Crippen MR) is 36.9 cm³/mol. The molecule has 0 spiro atoms. The van der Waals surface area contributed by atoms with Crippen LogP contribution in [-0.2, 0) is 14.4 Å². The lowest BCUT2D eigenvalue weighted by atomic mass is 10.2. The summed E-state index contributed by atoms with van der Waals surface area (Å²) in [4.78, 5) is 9.04. The summed E-state index contributed by atoms with van der Waals surface area (Å²) in [5.74, 6) is 0.533. The molecular weight excluding hydrogens is 134 g/mol. The van der Waals surface area contributed by atoms with Crippen molar-refractivity contribution in [3.8, 4) is 0 Å². The molecule has 10 heavy (non-hydrogen) atoms. The molecule has 0 amide bonds. The standard InChI is InChI=1S/C6H15NO3/c1-6(2)4-9-5-10-7-8-3/h6-7H,4-5H2,1-3H3. The van der Waals surface area contributed by atoms with Crippen LogP contribution in [0.3, 0.4) is 0 Å². The minimum absolute atomic E-state index is 0.214. The van der Waals surface area contributed by atoms with Gasteiger partial charge in [-0.2, -0.15) is 0 Å². The Balaban J connectivity index is 2.77. The largest absolute Gasteiger partial charge is 0.353 e. The predicted octanol–water partition coefficient (Wildman–Crippen LogP) is 0.699. The third-order valence-electron chi connectivity index (χ3n) is 0.736. The highest BCUT2D eigenvalue weighted by atomic mass is 16.9. The lowest BCUT2D eigenvalue weighted by Crippen LogP contribution is -2.16. The first-order chi connectivity index (χ1) is 4.77. The van der Waals surface area contributed by atoms with E-state index < -0.39 is 0 Å². The second-order valence-electron chi connectivity index (χ2n) is 2.31. The topological polar surface area (TPSA) is 39.7 Å². The van der Waals surface area contributed by atoms with Crippen LogP contribution in [0.25, 0.3) is 0 Å². The lowest BCUT2D eigenvalue weighted by molar-refractivity contribution is -0.208. The van der Waals surface area contributed by atoms with Gasteiger partial charge >= 0.3 is 0 Å². The van der Waals surface area contributed by atoms with Gasteiger partial charge in [0.05, 0.1) is 13.7 Å². The van der Waals surface area contributed by atoms with Crippen LogP contribution in [0.4, 0.5) is 0 Å². The quantitative estimate of drug-likeness (QED) is 0.343. The highest BCUT2D eigenvalue weighted by molar-refractivity contribution is 4.36. The van der Waals surface area contributed by atoms with E-state index in [1.165, 1.54) is 7.11 Å². The van der Waals surface area contributed by atoms with Crippen LogP contribution >= 0.6 is 0 Å². The molecule has 4 heteroatoms. The normalized spacial score (nSPS) is 10.8. The van der Waals surface area contributed by atoms with Crippen LogP contribution in [0, 0.1) is 5.92 Å². The number of nitrogens with one attached hydrogen (secondary N) is 1. The Labute approximate surface area is 61.4 Å². The number of hydrogen-bond donors (Lipinski definition) is 1. The van der Waals surface area contributed by atoms with Crippen molar-refractivity contribution in [2.24, 2.45) is 5.92 Å². The van der Waals surface area contributed by atoms with E-state index in [-0.39, 0.29) is 6.79 Å². The molecule has 0 aliphatic rings. The summed E-state index contributed by atoms with van der Waals surface area (Å²) in [6.07, 6.45) is 0. The second-order valence-corrected chi connectivity index (χ2v) is 2.31. The molecule has 4 nitrogen and oxygen atoms in total. The minimum Gasteiger partial charge on any atom is -0.353 e. The zero-order chi connectivity index (χ0) is 7.82. The molecule has 62 valence electrons. The van der Waals surface area contributed by atoms with Gasteiger partial charge in [0.2, 0.25) is 0 Å². The SMILES string of the molecule is CONOCOCC(C)C. The molecule has 0 aromatic heterocycles. The smallest absolute Gasteiger partial charge is 0.169 e. The maximum atomic E-state index is 5.03. The summed E-state index contributed by atoms with van der Waals surface area (Å²) in [5.41, 5.74) is 2.20. The minimum atomic E-state index is 0.214.